The molecule has 1 saturated carbocycles. The highest BCUT2D eigenvalue weighted by atomic mass is 16.3. The first-order valence-electron chi connectivity index (χ1n) is 4.55. The van der Waals surface area contributed by atoms with Crippen LogP contribution in [-0.4, -0.2) is 35.1 Å². The van der Waals surface area contributed by atoms with E-state index in [9.17, 15) is 9.90 Å². The Hall–Kier alpha value is -0.410. The van der Waals surface area contributed by atoms with Crippen LogP contribution in [0.15, 0.2) is 0 Å². The molecule has 1 spiro atoms. The Morgan fingerprint density at radius 1 is 1.58 bits per heavy atom. The Morgan fingerprint density at radius 2 is 2.25 bits per heavy atom. The van der Waals surface area contributed by atoms with Gasteiger partial charge in [-0.25, -0.2) is 0 Å². The van der Waals surface area contributed by atoms with Crippen LogP contribution in [0.25, 0.3) is 0 Å². The number of likely N-dealkylation sites (tertiary alicyclic amines) is 1. The molecular formula is C9H15NO2. The van der Waals surface area contributed by atoms with Crippen molar-refractivity contribution in [2.24, 2.45) is 5.41 Å². The molecule has 0 bridgehead atoms. The third-order valence-corrected chi connectivity index (χ3v) is 3.14. The number of carbonyl (C=O) groups is 1. The molecule has 1 saturated heterocycles. The van der Waals surface area contributed by atoms with Crippen molar-refractivity contribution in [2.75, 3.05) is 13.1 Å². The maximum atomic E-state index is 10.9. The molecule has 12 heavy (non-hydrogen) atoms. The zero-order chi connectivity index (χ0) is 8.77. The molecule has 1 aliphatic heterocycles. The van der Waals surface area contributed by atoms with Crippen LogP contribution in [0.3, 0.4) is 0 Å². The highest BCUT2D eigenvalue weighted by molar-refractivity contribution is 5.86. The Bertz CT molecular complexity index is 205. The van der Waals surface area contributed by atoms with Gasteiger partial charge in [0.2, 0.25) is 0 Å². The summed E-state index contributed by atoms with van der Waals surface area (Å²) in [5, 5.41) is 9.31. The second-order valence-electron chi connectivity index (χ2n) is 4.24. The van der Waals surface area contributed by atoms with Crippen molar-refractivity contribution in [3.05, 3.63) is 0 Å². The summed E-state index contributed by atoms with van der Waals surface area (Å²) >= 11 is 0. The molecule has 1 aliphatic carbocycles. The Balaban J connectivity index is 1.94. The Morgan fingerprint density at radius 3 is 2.67 bits per heavy atom. The summed E-state index contributed by atoms with van der Waals surface area (Å²) in [5.74, 6) is 0.391. The van der Waals surface area contributed by atoms with E-state index in [0.717, 1.165) is 32.4 Å². The molecule has 2 fully saturated rings. The van der Waals surface area contributed by atoms with E-state index in [2.05, 4.69) is 0 Å². The van der Waals surface area contributed by atoms with Gasteiger partial charge in [-0.3, -0.25) is 9.69 Å². The van der Waals surface area contributed by atoms with Crippen LogP contribution in [-0.2, 0) is 4.79 Å². The largest absolute Gasteiger partial charge is 0.379 e. The fourth-order valence-corrected chi connectivity index (χ4v) is 2.36. The standard InChI is InChI=1S/C9H15NO2/c1-7(11)10-3-2-9(6-10)4-8(12)5-9/h7,11H,2-6H2,1H3. The summed E-state index contributed by atoms with van der Waals surface area (Å²) in [7, 11) is 0. The number of aliphatic hydroxyl groups excluding tert-OH is 1. The van der Waals surface area contributed by atoms with Gasteiger partial charge in [-0.1, -0.05) is 0 Å². The molecule has 0 aromatic heterocycles. The maximum absolute atomic E-state index is 10.9. The second kappa shape index (κ2) is 2.54. The van der Waals surface area contributed by atoms with Crippen molar-refractivity contribution in [1.82, 2.24) is 4.90 Å². The smallest absolute Gasteiger partial charge is 0.134 e. The molecule has 1 atom stereocenters. The van der Waals surface area contributed by atoms with Gasteiger partial charge in [0.05, 0.1) is 0 Å². The van der Waals surface area contributed by atoms with Gasteiger partial charge in [0.1, 0.15) is 12.0 Å². The molecule has 3 heteroatoms. The SMILES string of the molecule is CC(O)N1CCC2(CC(=O)C2)C1. The lowest BCUT2D eigenvalue weighted by molar-refractivity contribution is -0.132. The van der Waals surface area contributed by atoms with Crippen molar-refractivity contribution in [2.45, 2.75) is 32.4 Å². The minimum absolute atomic E-state index is 0.258. The zero-order valence-electron chi connectivity index (χ0n) is 7.42. The monoisotopic (exact) mass is 169 g/mol. The lowest BCUT2D eigenvalue weighted by Gasteiger charge is -2.36. The zero-order valence-corrected chi connectivity index (χ0v) is 7.42. The molecule has 1 heterocycles. The number of rotatable bonds is 1. The average Bonchev–Trinajstić information content (AvgIpc) is 2.31. The van der Waals surface area contributed by atoms with Gasteiger partial charge in [0.15, 0.2) is 0 Å². The number of ketones is 1. The second-order valence-corrected chi connectivity index (χ2v) is 4.24. The van der Waals surface area contributed by atoms with Crippen molar-refractivity contribution < 1.29 is 9.90 Å². The number of nitrogens with zero attached hydrogens (tertiary/aromatic N) is 1. The van der Waals surface area contributed by atoms with Gasteiger partial charge in [-0.2, -0.15) is 0 Å². The van der Waals surface area contributed by atoms with Crippen molar-refractivity contribution in [3.8, 4) is 0 Å². The summed E-state index contributed by atoms with van der Waals surface area (Å²) in [6.07, 6.45) is 2.23. The lowest BCUT2D eigenvalue weighted by Crippen LogP contribution is -2.41. The van der Waals surface area contributed by atoms with Crippen LogP contribution < -0.4 is 0 Å². The van der Waals surface area contributed by atoms with Crippen LogP contribution in [0.1, 0.15) is 26.2 Å². The van der Waals surface area contributed by atoms with E-state index in [1.165, 1.54) is 0 Å². The number of Topliss-reactive ketones (excluding diaryl/α,β-unsaturated/α-hetero) is 1. The summed E-state index contributed by atoms with van der Waals surface area (Å²) < 4.78 is 0. The minimum atomic E-state index is -0.347. The minimum Gasteiger partial charge on any atom is -0.379 e. The van der Waals surface area contributed by atoms with Gasteiger partial charge in [0.25, 0.3) is 0 Å². The third kappa shape index (κ3) is 1.17. The van der Waals surface area contributed by atoms with Crippen LogP contribution in [0.2, 0.25) is 0 Å². The molecule has 0 aromatic rings. The van der Waals surface area contributed by atoms with E-state index in [1.807, 2.05) is 4.90 Å². The van der Waals surface area contributed by atoms with Gasteiger partial charge < -0.3 is 5.11 Å². The number of aliphatic hydroxyl groups is 1. The van der Waals surface area contributed by atoms with E-state index in [1.54, 1.807) is 6.92 Å². The summed E-state index contributed by atoms with van der Waals surface area (Å²) in [6, 6.07) is 0. The predicted molar refractivity (Wildman–Crippen MR) is 44.5 cm³/mol. The lowest BCUT2D eigenvalue weighted by atomic mass is 9.67. The first-order valence-corrected chi connectivity index (χ1v) is 4.55. The van der Waals surface area contributed by atoms with Crippen molar-refractivity contribution in [1.29, 1.82) is 0 Å². The van der Waals surface area contributed by atoms with Crippen molar-refractivity contribution in [3.63, 3.8) is 0 Å². The molecular weight excluding hydrogens is 154 g/mol. The first kappa shape index (κ1) is 8.20. The predicted octanol–water partition coefficient (Wildman–Crippen LogP) is 0.380. The molecule has 0 amide bonds. The van der Waals surface area contributed by atoms with Crippen LogP contribution in [0.5, 0.6) is 0 Å². The molecule has 1 N–H and O–H groups in total. The fraction of sp³-hybridized carbons (Fsp3) is 0.889. The summed E-state index contributed by atoms with van der Waals surface area (Å²) in [4.78, 5) is 12.9. The molecule has 2 aliphatic rings. The summed E-state index contributed by atoms with van der Waals surface area (Å²) in [6.45, 7) is 3.65. The molecule has 1 unspecified atom stereocenters. The van der Waals surface area contributed by atoms with Crippen LogP contribution in [0.4, 0.5) is 0 Å². The Labute approximate surface area is 72.4 Å². The van der Waals surface area contributed by atoms with E-state index in [0.29, 0.717) is 5.78 Å². The highest BCUT2D eigenvalue weighted by Crippen LogP contribution is 2.45. The fourth-order valence-electron chi connectivity index (χ4n) is 2.36. The van der Waals surface area contributed by atoms with E-state index in [4.69, 9.17) is 0 Å². The molecule has 0 radical (unpaired) electrons. The van der Waals surface area contributed by atoms with Crippen LogP contribution in [0, 0.1) is 5.41 Å². The van der Waals surface area contributed by atoms with Crippen molar-refractivity contribution >= 4 is 5.78 Å². The average molecular weight is 169 g/mol. The topological polar surface area (TPSA) is 40.5 Å². The van der Waals surface area contributed by atoms with Gasteiger partial charge in [-0.05, 0) is 18.8 Å². The van der Waals surface area contributed by atoms with Gasteiger partial charge >= 0.3 is 0 Å². The number of hydrogen-bond acceptors (Lipinski definition) is 3. The van der Waals surface area contributed by atoms with Gasteiger partial charge in [0, 0.05) is 25.9 Å². The third-order valence-electron chi connectivity index (χ3n) is 3.14. The molecule has 3 nitrogen and oxygen atoms in total. The maximum Gasteiger partial charge on any atom is 0.134 e. The quantitative estimate of drug-likeness (QED) is 0.617. The highest BCUT2D eigenvalue weighted by Gasteiger charge is 2.48. The first-order chi connectivity index (χ1) is 5.61. The van der Waals surface area contributed by atoms with E-state index < -0.39 is 0 Å². The van der Waals surface area contributed by atoms with E-state index in [-0.39, 0.29) is 11.6 Å². The number of carbonyl (C=O) groups excluding carboxylic acids is 1. The normalized spacial score (nSPS) is 30.7. The van der Waals surface area contributed by atoms with E-state index >= 15 is 0 Å². The molecule has 68 valence electrons. The molecule has 2 rings (SSSR count). The number of hydrogen-bond donors (Lipinski definition) is 1. The van der Waals surface area contributed by atoms with Crippen LogP contribution >= 0.6 is 0 Å². The Kier molecular flexibility index (Phi) is 1.73. The summed E-state index contributed by atoms with van der Waals surface area (Å²) in [5.41, 5.74) is 0.258. The van der Waals surface area contributed by atoms with Gasteiger partial charge in [-0.15, -0.1) is 0 Å². The molecule has 0 aromatic carbocycles.